The van der Waals surface area contributed by atoms with Gasteiger partial charge in [0, 0.05) is 13.8 Å². The fourth-order valence-electron chi connectivity index (χ4n) is 1.56. The highest BCUT2D eigenvalue weighted by Crippen LogP contribution is 2.12. The second kappa shape index (κ2) is 4.99. The summed E-state index contributed by atoms with van der Waals surface area (Å²) in [5, 5.41) is 9.24. The van der Waals surface area contributed by atoms with Gasteiger partial charge in [0.1, 0.15) is 19.4 Å². The quantitative estimate of drug-likeness (QED) is 0.770. The van der Waals surface area contributed by atoms with Gasteiger partial charge in [0.2, 0.25) is 5.51 Å². The summed E-state index contributed by atoms with van der Waals surface area (Å²) in [7, 11) is 1.80. The van der Waals surface area contributed by atoms with Crippen molar-refractivity contribution in [3.05, 3.63) is 33.7 Å². The van der Waals surface area contributed by atoms with Crippen molar-refractivity contribution >= 4 is 17.2 Å². The molecule has 2 aromatic heterocycles. The number of rotatable bonds is 3. The molecule has 0 aliphatic heterocycles. The Balaban J connectivity index is 2.60. The van der Waals surface area contributed by atoms with Crippen LogP contribution in [0, 0.1) is 13.8 Å². The maximum absolute atomic E-state index is 9.24. The standard InChI is InChI=1S/C12H17N4OS/c1-8-11(6-17)18-7-16(8)5-10-4-15(3)9(2)14-12(10)13/h4,7,13,17H,5-6H2,1-3H3/q+1/p+1/i5D2. The highest BCUT2D eigenvalue weighted by molar-refractivity contribution is 7.09. The third kappa shape index (κ3) is 2.34. The first-order chi connectivity index (χ1) is 9.28. The van der Waals surface area contributed by atoms with E-state index in [1.54, 1.807) is 30.2 Å². The summed E-state index contributed by atoms with van der Waals surface area (Å²) in [4.78, 5) is 4.90. The molecule has 0 radical (unpaired) electrons. The molecule has 0 spiro atoms. The average Bonchev–Trinajstić information content (AvgIpc) is 2.75. The molecule has 18 heavy (non-hydrogen) atoms. The summed E-state index contributed by atoms with van der Waals surface area (Å²) in [5.74, 6) is 0.888. The van der Waals surface area contributed by atoms with E-state index in [0.29, 0.717) is 17.1 Å². The van der Waals surface area contributed by atoms with E-state index in [4.69, 9.17) is 8.48 Å². The first kappa shape index (κ1) is 10.4. The van der Waals surface area contributed by atoms with Gasteiger partial charge in [0.15, 0.2) is 12.2 Å². The summed E-state index contributed by atoms with van der Waals surface area (Å²) in [6.45, 7) is 1.66. The van der Waals surface area contributed by atoms with Crippen LogP contribution in [0.1, 0.15) is 24.7 Å². The molecule has 2 rings (SSSR count). The van der Waals surface area contributed by atoms with E-state index in [0.717, 1.165) is 4.88 Å². The molecule has 2 aromatic rings. The van der Waals surface area contributed by atoms with Crippen LogP contribution in [-0.4, -0.2) is 10.1 Å². The van der Waals surface area contributed by atoms with Crippen molar-refractivity contribution in [3.63, 3.8) is 0 Å². The highest BCUT2D eigenvalue weighted by Gasteiger charge is 2.20. The molecule has 0 aliphatic rings. The van der Waals surface area contributed by atoms with Crippen molar-refractivity contribution in [2.45, 2.75) is 27.0 Å². The average molecular weight is 268 g/mol. The zero-order valence-corrected chi connectivity index (χ0v) is 11.5. The second-order valence-corrected chi connectivity index (χ2v) is 5.01. The van der Waals surface area contributed by atoms with E-state index in [2.05, 4.69) is 4.98 Å². The van der Waals surface area contributed by atoms with Crippen LogP contribution in [0.3, 0.4) is 0 Å². The van der Waals surface area contributed by atoms with Gasteiger partial charge in [-0.05, 0) is 4.98 Å². The second-order valence-electron chi connectivity index (χ2n) is 4.07. The lowest BCUT2D eigenvalue weighted by molar-refractivity contribution is -0.698. The van der Waals surface area contributed by atoms with Gasteiger partial charge in [0.25, 0.3) is 11.6 Å². The molecule has 96 valence electrons. The molecule has 5 nitrogen and oxygen atoms in total. The Kier molecular flexibility index (Phi) is 2.88. The third-order valence-electron chi connectivity index (χ3n) is 2.84. The molecule has 0 saturated carbocycles. The van der Waals surface area contributed by atoms with Crippen LogP contribution in [0.25, 0.3) is 0 Å². The van der Waals surface area contributed by atoms with E-state index >= 15 is 0 Å². The number of aromatic nitrogens is 3. The fourth-order valence-corrected chi connectivity index (χ4v) is 2.35. The van der Waals surface area contributed by atoms with Crippen LogP contribution in [0.4, 0.5) is 5.82 Å². The summed E-state index contributed by atoms with van der Waals surface area (Å²) >= 11 is 1.32. The third-order valence-corrected chi connectivity index (χ3v) is 3.87. The van der Waals surface area contributed by atoms with Crippen LogP contribution >= 0.6 is 11.3 Å². The number of anilines is 1. The molecule has 2 heterocycles. The normalized spacial score (nSPS) is 13.3. The first-order valence-electron chi connectivity index (χ1n) is 6.52. The maximum atomic E-state index is 9.24. The fraction of sp³-hybridized carbons (Fsp3) is 0.417. The first-order valence-corrected chi connectivity index (χ1v) is 6.40. The Morgan fingerprint density at radius 1 is 1.56 bits per heavy atom. The van der Waals surface area contributed by atoms with Crippen LogP contribution in [0.5, 0.6) is 0 Å². The van der Waals surface area contributed by atoms with Crippen molar-refractivity contribution < 1.29 is 17.0 Å². The van der Waals surface area contributed by atoms with E-state index in [1.807, 2.05) is 6.92 Å². The van der Waals surface area contributed by atoms with Crippen molar-refractivity contribution in [1.82, 2.24) is 4.98 Å². The minimum Gasteiger partial charge on any atom is -0.391 e. The highest BCUT2D eigenvalue weighted by atomic mass is 32.1. The summed E-state index contributed by atoms with van der Waals surface area (Å²) < 4.78 is 19.9. The number of nitrogens with zero attached hydrogens (tertiary/aromatic N) is 3. The van der Waals surface area contributed by atoms with E-state index in [1.165, 1.54) is 15.9 Å². The number of hydrogen-bond donors (Lipinski definition) is 2. The van der Waals surface area contributed by atoms with Gasteiger partial charge in [-0.2, -0.15) is 4.57 Å². The monoisotopic (exact) mass is 268 g/mol. The SMILES string of the molecule is [2H]C([2H])(c1c[n+](C)c(C)nc1N)[n+]1csc(CO)c1C. The summed E-state index contributed by atoms with van der Waals surface area (Å²) in [6, 6.07) is 0. The van der Waals surface area contributed by atoms with Crippen molar-refractivity contribution in [1.29, 1.82) is 0 Å². The van der Waals surface area contributed by atoms with Crippen molar-refractivity contribution in [3.8, 4) is 0 Å². The Morgan fingerprint density at radius 3 is 2.89 bits per heavy atom. The number of hydrogen-bond acceptors (Lipinski definition) is 4. The van der Waals surface area contributed by atoms with Gasteiger partial charge in [-0.15, -0.1) is 0 Å². The van der Waals surface area contributed by atoms with E-state index in [9.17, 15) is 5.11 Å². The summed E-state index contributed by atoms with van der Waals surface area (Å²) in [6.07, 6.45) is 1.65. The van der Waals surface area contributed by atoms with Crippen molar-refractivity contribution in [2.75, 3.05) is 5.73 Å². The van der Waals surface area contributed by atoms with Crippen LogP contribution in [0.15, 0.2) is 11.7 Å². The maximum Gasteiger partial charge on any atom is 0.297 e. The Hall–Kier alpha value is -1.53. The Labute approximate surface area is 113 Å². The predicted molar refractivity (Wildman–Crippen MR) is 68.8 cm³/mol. The van der Waals surface area contributed by atoms with E-state index < -0.39 is 6.50 Å². The molecular formula is C12H18N4OS+2. The number of thiazole rings is 1. The van der Waals surface area contributed by atoms with Crippen molar-refractivity contribution in [2.24, 2.45) is 7.05 Å². The molecule has 0 saturated heterocycles. The lowest BCUT2D eigenvalue weighted by Crippen LogP contribution is -2.39. The molecule has 0 atom stereocenters. The lowest BCUT2D eigenvalue weighted by atomic mass is 10.3. The lowest BCUT2D eigenvalue weighted by Gasteiger charge is -2.00. The Bertz CT molecular complexity index is 657. The number of nitrogens with two attached hydrogens (primary N) is 1. The topological polar surface area (TPSA) is 66.9 Å². The van der Waals surface area contributed by atoms with E-state index in [-0.39, 0.29) is 12.4 Å². The molecule has 0 amide bonds. The zero-order chi connectivity index (χ0) is 15.1. The minimum atomic E-state index is -1.82. The smallest absolute Gasteiger partial charge is 0.297 e. The molecule has 0 aliphatic carbocycles. The van der Waals surface area contributed by atoms with Crippen LogP contribution in [-0.2, 0) is 20.2 Å². The largest absolute Gasteiger partial charge is 0.391 e. The number of aliphatic hydroxyl groups is 1. The van der Waals surface area contributed by atoms with Gasteiger partial charge in [-0.3, -0.25) is 0 Å². The van der Waals surface area contributed by atoms with Gasteiger partial charge in [-0.1, -0.05) is 11.3 Å². The van der Waals surface area contributed by atoms with Crippen LogP contribution in [0.2, 0.25) is 0 Å². The minimum absolute atomic E-state index is 0.102. The molecule has 3 N–H and O–H groups in total. The zero-order valence-electron chi connectivity index (χ0n) is 12.6. The number of aryl methyl sites for hydroxylation is 2. The molecule has 0 aromatic carbocycles. The molecule has 0 unspecified atom stereocenters. The summed E-state index contributed by atoms with van der Waals surface area (Å²) in [5.41, 5.74) is 8.52. The molecule has 6 heteroatoms. The van der Waals surface area contributed by atoms with Gasteiger partial charge in [0.05, 0.1) is 13.7 Å². The Morgan fingerprint density at radius 2 is 2.28 bits per heavy atom. The van der Waals surface area contributed by atoms with Gasteiger partial charge in [-0.25, -0.2) is 4.57 Å². The number of nitrogen functional groups attached to an aromatic ring is 1. The van der Waals surface area contributed by atoms with Gasteiger partial charge >= 0.3 is 0 Å². The van der Waals surface area contributed by atoms with Crippen LogP contribution < -0.4 is 14.9 Å². The molecule has 0 bridgehead atoms. The number of aliphatic hydroxyl groups excluding tert-OH is 1. The van der Waals surface area contributed by atoms with Gasteiger partial charge < -0.3 is 10.8 Å². The predicted octanol–water partition coefficient (Wildman–Crippen LogP) is -0.00526. The molecular weight excluding hydrogens is 248 g/mol. The molecule has 0 fully saturated rings.